The van der Waals surface area contributed by atoms with Gasteiger partial charge in [-0.2, -0.15) is 4.31 Å². The van der Waals surface area contributed by atoms with Gasteiger partial charge in [0.2, 0.25) is 15.9 Å². The first-order valence-corrected chi connectivity index (χ1v) is 7.90. The Bertz CT molecular complexity index is 663. The van der Waals surface area contributed by atoms with Crippen LogP contribution in [0.5, 0.6) is 0 Å². The topological polar surface area (TPSA) is 118 Å². The van der Waals surface area contributed by atoms with Gasteiger partial charge in [-0.15, -0.1) is 0 Å². The number of hydrogen-bond donors (Lipinski definition) is 2. The van der Waals surface area contributed by atoms with Crippen LogP contribution in [0.25, 0.3) is 0 Å². The second-order valence-electron chi connectivity index (χ2n) is 4.88. The average molecular weight is 312 g/mol. The molecule has 21 heavy (non-hydrogen) atoms. The van der Waals surface area contributed by atoms with E-state index in [0.29, 0.717) is 12.8 Å². The van der Waals surface area contributed by atoms with E-state index in [4.69, 9.17) is 10.8 Å². The third kappa shape index (κ3) is 3.06. The molecule has 1 fully saturated rings. The fourth-order valence-corrected chi connectivity index (χ4v) is 4.04. The molecular formula is C13H16N2O5S. The van der Waals surface area contributed by atoms with Gasteiger partial charge in [0.25, 0.3) is 0 Å². The molecule has 0 bridgehead atoms. The molecule has 114 valence electrons. The zero-order valence-electron chi connectivity index (χ0n) is 11.2. The monoisotopic (exact) mass is 312 g/mol. The highest BCUT2D eigenvalue weighted by atomic mass is 32.2. The maximum Gasteiger partial charge on any atom is 0.337 e. The Balaban J connectivity index is 2.28. The number of primary amides is 1. The molecule has 0 atom stereocenters. The Hall–Kier alpha value is -1.93. The van der Waals surface area contributed by atoms with E-state index in [9.17, 15) is 18.0 Å². The maximum absolute atomic E-state index is 12.5. The number of benzene rings is 1. The zero-order valence-corrected chi connectivity index (χ0v) is 12.0. The summed E-state index contributed by atoms with van der Waals surface area (Å²) < 4.78 is 26.3. The van der Waals surface area contributed by atoms with Crippen molar-refractivity contribution in [3.63, 3.8) is 0 Å². The number of carboxylic acids is 1. The molecule has 1 aromatic rings. The van der Waals surface area contributed by atoms with Crippen LogP contribution >= 0.6 is 0 Å². The van der Waals surface area contributed by atoms with E-state index in [1.807, 2.05) is 0 Å². The van der Waals surface area contributed by atoms with Crippen molar-refractivity contribution in [1.82, 2.24) is 4.31 Å². The van der Waals surface area contributed by atoms with Gasteiger partial charge in [0.1, 0.15) is 0 Å². The lowest BCUT2D eigenvalue weighted by Crippen LogP contribution is -2.42. The first-order chi connectivity index (χ1) is 9.84. The number of carbonyl (C=O) groups is 2. The summed E-state index contributed by atoms with van der Waals surface area (Å²) in [5, 5.41) is 9.10. The number of carboxylic acid groups (broad SMARTS) is 1. The molecular weight excluding hydrogens is 296 g/mol. The summed E-state index contributed by atoms with van der Waals surface area (Å²) in [7, 11) is -3.89. The molecule has 2 rings (SSSR count). The van der Waals surface area contributed by atoms with E-state index in [1.165, 1.54) is 28.6 Å². The smallest absolute Gasteiger partial charge is 0.337 e. The fraction of sp³-hybridized carbons (Fsp3) is 0.385. The fourth-order valence-electron chi connectivity index (χ4n) is 2.39. The standard InChI is InChI=1S/C13H16N2O5S/c14-12(16)9-5-7-15(8-6-9)21(19,20)11-4-2-1-3-10(11)13(17)18/h1-4,9H,5-8H2,(H2,14,16)(H,17,18). The molecule has 8 heteroatoms. The van der Waals surface area contributed by atoms with Crippen LogP contribution in [0.2, 0.25) is 0 Å². The number of rotatable bonds is 4. The van der Waals surface area contributed by atoms with Crippen molar-refractivity contribution >= 4 is 21.9 Å². The van der Waals surface area contributed by atoms with E-state index in [2.05, 4.69) is 0 Å². The minimum absolute atomic E-state index is 0.157. The van der Waals surface area contributed by atoms with E-state index in [-0.39, 0.29) is 29.5 Å². The molecule has 0 saturated carbocycles. The van der Waals surface area contributed by atoms with Crippen LogP contribution in [0.3, 0.4) is 0 Å². The molecule has 0 aliphatic carbocycles. The van der Waals surface area contributed by atoms with Crippen LogP contribution in [-0.2, 0) is 14.8 Å². The molecule has 0 radical (unpaired) electrons. The zero-order chi connectivity index (χ0) is 15.6. The van der Waals surface area contributed by atoms with Gasteiger partial charge in [-0.1, -0.05) is 12.1 Å². The van der Waals surface area contributed by atoms with Crippen molar-refractivity contribution in [2.45, 2.75) is 17.7 Å². The number of sulfonamides is 1. The Labute approximate surface area is 122 Å². The lowest BCUT2D eigenvalue weighted by molar-refractivity contribution is -0.122. The molecule has 1 aliphatic rings. The normalized spacial score (nSPS) is 17.5. The van der Waals surface area contributed by atoms with Gasteiger partial charge in [-0.3, -0.25) is 4.79 Å². The number of aromatic carboxylic acids is 1. The molecule has 1 aromatic carbocycles. The predicted octanol–water partition coefficient (Wildman–Crippen LogP) is 0.271. The van der Waals surface area contributed by atoms with Crippen LogP contribution in [0.15, 0.2) is 29.2 Å². The SMILES string of the molecule is NC(=O)C1CCN(S(=O)(=O)c2ccccc2C(=O)O)CC1. The Morgan fingerprint density at radius 3 is 2.29 bits per heavy atom. The average Bonchev–Trinajstić information content (AvgIpc) is 2.47. The largest absolute Gasteiger partial charge is 0.478 e. The quantitative estimate of drug-likeness (QED) is 0.827. The first kappa shape index (κ1) is 15.5. The Morgan fingerprint density at radius 1 is 1.19 bits per heavy atom. The van der Waals surface area contributed by atoms with Gasteiger partial charge in [0, 0.05) is 19.0 Å². The van der Waals surface area contributed by atoms with Crippen LogP contribution in [-0.4, -0.2) is 42.8 Å². The van der Waals surface area contributed by atoms with Gasteiger partial charge in [0.05, 0.1) is 10.5 Å². The van der Waals surface area contributed by atoms with E-state index in [0.717, 1.165) is 0 Å². The van der Waals surface area contributed by atoms with Crippen LogP contribution in [0, 0.1) is 5.92 Å². The van der Waals surface area contributed by atoms with Crippen molar-refractivity contribution in [1.29, 1.82) is 0 Å². The summed E-state index contributed by atoms with van der Waals surface area (Å²) in [5.41, 5.74) is 4.96. The summed E-state index contributed by atoms with van der Waals surface area (Å²) in [6.07, 6.45) is 0.702. The molecule has 0 unspecified atom stereocenters. The lowest BCUT2D eigenvalue weighted by atomic mass is 9.98. The second kappa shape index (κ2) is 5.82. The molecule has 3 N–H and O–H groups in total. The lowest BCUT2D eigenvalue weighted by Gasteiger charge is -2.30. The Kier molecular flexibility index (Phi) is 4.29. The number of piperidine rings is 1. The van der Waals surface area contributed by atoms with Gasteiger partial charge in [-0.05, 0) is 25.0 Å². The third-order valence-corrected chi connectivity index (χ3v) is 5.55. The highest BCUT2D eigenvalue weighted by molar-refractivity contribution is 7.89. The van der Waals surface area contributed by atoms with E-state index in [1.54, 1.807) is 0 Å². The number of carbonyl (C=O) groups excluding carboxylic acids is 1. The molecule has 1 saturated heterocycles. The first-order valence-electron chi connectivity index (χ1n) is 6.46. The third-order valence-electron chi connectivity index (χ3n) is 3.59. The van der Waals surface area contributed by atoms with Gasteiger partial charge in [-0.25, -0.2) is 13.2 Å². The molecule has 0 aromatic heterocycles. The summed E-state index contributed by atoms with van der Waals surface area (Å²) in [6, 6.07) is 5.49. The molecule has 7 nitrogen and oxygen atoms in total. The van der Waals surface area contributed by atoms with E-state index >= 15 is 0 Å². The van der Waals surface area contributed by atoms with Crippen LogP contribution in [0.1, 0.15) is 23.2 Å². The van der Waals surface area contributed by atoms with Crippen LogP contribution in [0.4, 0.5) is 0 Å². The highest BCUT2D eigenvalue weighted by Crippen LogP contribution is 2.25. The summed E-state index contributed by atoms with van der Waals surface area (Å²) in [4.78, 5) is 22.0. The summed E-state index contributed by atoms with van der Waals surface area (Å²) >= 11 is 0. The van der Waals surface area contributed by atoms with Crippen molar-refractivity contribution in [2.24, 2.45) is 11.7 Å². The maximum atomic E-state index is 12.5. The summed E-state index contributed by atoms with van der Waals surface area (Å²) in [6.45, 7) is 0.313. The van der Waals surface area contributed by atoms with Crippen molar-refractivity contribution < 1.29 is 23.1 Å². The minimum Gasteiger partial charge on any atom is -0.478 e. The summed E-state index contributed by atoms with van der Waals surface area (Å²) in [5.74, 6) is -2.05. The molecule has 1 heterocycles. The number of nitrogens with two attached hydrogens (primary N) is 1. The number of amides is 1. The van der Waals surface area contributed by atoms with E-state index < -0.39 is 21.9 Å². The van der Waals surface area contributed by atoms with Gasteiger partial charge in [0.15, 0.2) is 0 Å². The van der Waals surface area contributed by atoms with Gasteiger partial charge >= 0.3 is 5.97 Å². The minimum atomic E-state index is -3.89. The number of nitrogens with zero attached hydrogens (tertiary/aromatic N) is 1. The molecule has 1 amide bonds. The Morgan fingerprint density at radius 2 is 1.76 bits per heavy atom. The van der Waals surface area contributed by atoms with Crippen molar-refractivity contribution in [3.8, 4) is 0 Å². The van der Waals surface area contributed by atoms with Crippen molar-refractivity contribution in [3.05, 3.63) is 29.8 Å². The highest BCUT2D eigenvalue weighted by Gasteiger charge is 2.33. The second-order valence-corrected chi connectivity index (χ2v) is 6.79. The number of hydrogen-bond acceptors (Lipinski definition) is 4. The van der Waals surface area contributed by atoms with Crippen molar-refractivity contribution in [2.75, 3.05) is 13.1 Å². The molecule has 1 aliphatic heterocycles. The molecule has 0 spiro atoms. The van der Waals surface area contributed by atoms with Crippen LogP contribution < -0.4 is 5.73 Å². The predicted molar refractivity (Wildman–Crippen MR) is 74.1 cm³/mol. The van der Waals surface area contributed by atoms with Gasteiger partial charge < -0.3 is 10.8 Å².